The first-order valence-electron chi connectivity index (χ1n) is 43.7. The van der Waals surface area contributed by atoms with Crippen LogP contribution in [-0.4, -0.2) is 153 Å². The fourth-order valence-electron chi connectivity index (χ4n) is 14.3. The van der Waals surface area contributed by atoms with Crippen LogP contribution in [0.3, 0.4) is 0 Å². The Morgan fingerprint density at radius 1 is 0.554 bits per heavy atom. The minimum absolute atomic E-state index is 0. The van der Waals surface area contributed by atoms with Crippen molar-refractivity contribution in [2.45, 2.75) is 178 Å². The second kappa shape index (κ2) is 57.2. The van der Waals surface area contributed by atoms with Crippen molar-refractivity contribution >= 4 is 250 Å². The zero-order valence-corrected chi connectivity index (χ0v) is 94.5. The summed E-state index contributed by atoms with van der Waals surface area (Å²) in [5.41, 5.74) is 29.0. The van der Waals surface area contributed by atoms with Gasteiger partial charge < -0.3 is 72.6 Å². The van der Waals surface area contributed by atoms with Gasteiger partial charge in [-0.1, -0.05) is 95.3 Å². The van der Waals surface area contributed by atoms with Crippen LogP contribution >= 0.6 is 144 Å². The molecule has 148 heavy (non-hydrogen) atoms. The van der Waals surface area contributed by atoms with Crippen molar-refractivity contribution in [2.75, 3.05) is 36.8 Å². The minimum Gasteiger partial charge on any atom is -0.400 e. The monoisotopic (exact) mass is 2330 g/mol. The van der Waals surface area contributed by atoms with Crippen molar-refractivity contribution < 1.29 is 117 Å². The molecule has 56 heteroatoms. The predicted octanol–water partition coefficient (Wildman–Crippen LogP) is 17.5. The number of aromatic nitrogens is 6. The summed E-state index contributed by atoms with van der Waals surface area (Å²) < 4.78 is 109. The summed E-state index contributed by atoms with van der Waals surface area (Å²) >= 11 is 36.0. The SMILES string of the molecule is C.CC1(C)OB(C2=CC(=O)CC2)OC1(C)C.CCO.COC1(OC)CCC(c2ncc(CNC(=O)c3ccc4c(c3)NC(=O)c3ccccc3S4(=O)=O)s2)C1.ClCc1cnc(Cl)s1.NCc1cnc(Cl)s1.O=C(NCc1cnc(Cl)s1)c1ccc2c(c1)NC(=O)c1ccccc1S2(=O)=O.O=C1C=C(c2ncc(CNC(=O)c3ccc4c(c3)NC(=O)c3ccccc3S4(=O)=O)s2)CC1.[3H]PP.[N-]=[N+]=NCc1cnc(Cl)s1.[N-]=[N+]=[N-].[Na+]. The van der Waals surface area contributed by atoms with E-state index in [-0.39, 0.29) is 194 Å². The number of sulfone groups is 3. The van der Waals surface area contributed by atoms with Crippen molar-refractivity contribution in [1.82, 2.24) is 45.9 Å². The Hall–Kier alpha value is -9.66. The van der Waals surface area contributed by atoms with Crippen molar-refractivity contribution in [3.63, 3.8) is 0 Å². The van der Waals surface area contributed by atoms with Crippen LogP contribution in [0, 0.1) is 0 Å². The Balaban J connectivity index is 0.000000221. The number of aliphatic hydroxyl groups excluding tert-OH is 1. The largest absolute Gasteiger partial charge is 1.00 e. The Bertz CT molecular complexity index is 7320. The number of azide groups is 1. The zero-order valence-electron chi connectivity index (χ0n) is 80.2. The normalized spacial score (nSPS) is 16.0. The smallest absolute Gasteiger partial charge is 0.400 e. The number of ether oxygens (including phenoxy) is 2. The van der Waals surface area contributed by atoms with Gasteiger partial charge in [-0.2, -0.15) is 0 Å². The van der Waals surface area contributed by atoms with Gasteiger partial charge in [0.15, 0.2) is 35.2 Å². The van der Waals surface area contributed by atoms with Crippen molar-refractivity contribution in [3.8, 4) is 0 Å². The van der Waals surface area contributed by atoms with Crippen LogP contribution in [0.2, 0.25) is 17.9 Å². The number of nitrogens with zero attached hydrogens (tertiary/aromatic N) is 12. The van der Waals surface area contributed by atoms with E-state index >= 15 is 0 Å². The van der Waals surface area contributed by atoms with Crippen LogP contribution in [0.1, 0.15) is 194 Å². The number of anilines is 3. The number of fused-ring (bicyclic) bond motifs is 6. The number of benzene rings is 6. The molecule has 1 saturated carbocycles. The number of ketones is 2. The van der Waals surface area contributed by atoms with Crippen molar-refractivity contribution in [2.24, 2.45) is 10.8 Å². The molecule has 776 valence electrons. The Labute approximate surface area is 929 Å². The molecular formula is C92H96BCl5N19NaO19P2S9. The van der Waals surface area contributed by atoms with Gasteiger partial charge in [-0.05, 0) is 174 Å². The van der Waals surface area contributed by atoms with Crippen molar-refractivity contribution in [1.29, 1.82) is 1.28 Å². The van der Waals surface area contributed by atoms with Gasteiger partial charge >= 0.3 is 36.7 Å². The molecule has 9 N–H and O–H groups in total. The van der Waals surface area contributed by atoms with Gasteiger partial charge in [0.05, 0.1) is 113 Å². The van der Waals surface area contributed by atoms with Crippen LogP contribution < -0.4 is 67.2 Å². The summed E-state index contributed by atoms with van der Waals surface area (Å²) in [7, 11) is -6.27. The molecular weight excluding hydrogens is 2240 g/mol. The summed E-state index contributed by atoms with van der Waals surface area (Å²) in [6, 6.07) is 30.4. The molecule has 6 aromatic carbocycles. The van der Waals surface area contributed by atoms with E-state index in [1.165, 1.54) is 164 Å². The number of thiazole rings is 6. The fraction of sp³-hybridized carbons (Fsp3) is 0.283. The van der Waals surface area contributed by atoms with Crippen molar-refractivity contribution in [3.05, 3.63) is 299 Å². The predicted molar refractivity (Wildman–Crippen MR) is 578 cm³/mol. The van der Waals surface area contributed by atoms with Gasteiger partial charge in [0.1, 0.15) is 5.01 Å². The fourth-order valence-corrected chi connectivity index (χ4v) is 24.7. The molecule has 0 radical (unpaired) electrons. The van der Waals surface area contributed by atoms with Crippen LogP contribution in [0.5, 0.6) is 0 Å². The number of aliphatic hydroxyl groups is 1. The summed E-state index contributed by atoms with van der Waals surface area (Å²) in [6.07, 6.45) is 18.2. The molecule has 3 atom stereocenters. The number of carbonyl (C=O) groups excluding carboxylic acids is 8. The van der Waals surface area contributed by atoms with Crippen LogP contribution in [0.15, 0.2) is 217 Å². The number of hydrogen-bond donors (Lipinski definition) is 8. The molecule has 3 unspecified atom stereocenters. The average molecular weight is 2340 g/mol. The molecule has 19 rings (SSSR count). The third kappa shape index (κ3) is 32.5. The molecule has 38 nitrogen and oxygen atoms in total. The number of nitrogens with two attached hydrogens (primary N) is 1. The molecule has 6 amide bonds. The van der Waals surface area contributed by atoms with Crippen LogP contribution in [-0.2, 0) is 96.5 Å². The summed E-state index contributed by atoms with van der Waals surface area (Å²) in [5, 5.41) is 28.8. The first-order valence-corrected chi connectivity index (χ1v) is 56.9. The number of halogens is 5. The number of nitrogens with one attached hydrogen (secondary N) is 6. The number of alkyl halides is 1. The minimum atomic E-state index is -3.93. The first-order chi connectivity index (χ1) is 70.0. The van der Waals surface area contributed by atoms with Gasteiger partial charge in [-0.15, -0.1) is 97.4 Å². The van der Waals surface area contributed by atoms with E-state index in [4.69, 9.17) is 105 Å². The maximum Gasteiger partial charge on any atom is 1.00 e. The van der Waals surface area contributed by atoms with Gasteiger partial charge in [0, 0.05) is 147 Å². The standard InChI is InChI=1S/C25H25N3O6S2.C23H17N3O5S2.C18H12ClN3O4S2.C11H17BO3.C4H3Cl2NS.C4H3ClN4S.C4H5ClN2S.C2H6O.CH4.N3.Na.H4P2/c1-33-25(34-2)10-9-16(12-25)24-27-14-17(35-24)13-26-22(29)15-7-8-21-19(11-15)28-23(30)18-5-3-4-6-20(18)36(21,31)32;27-15-7-5-14(9-15)23-25-12-16(32-23)11-24-21(28)13-6-8-20-18(10-13)26-22(29)17-3-1-2-4-19(17)33(20,30)31;19-18-21-9-11(27-18)8-20-16(23)10-5-6-15-13(7-10)22-17(24)12-3-1-2-4-14(12)28(15,25)26;1-10(2)11(3,4)15-12(14-10)8-5-6-9(13)7-8;5-1-3-2-7-4(6)8-3;5-4-7-1-3(10-4)2-8-9-6;5-4-7-2-3(1-6)8-4;1-2-3;;1-3-2;;1-2/h3-8,11,14,16H,9-10,12-13H2,1-2H3,(H,26,29)(H,28,30);1-4,6,8-10,12H,5,7,11H2,(H,24,28)(H,26,29);1-7,9H,8H2,(H,20,23)(H,22,24);7H,5-6H2,1-4H3;2H,1H2;1H,2H2;2H,1,6H2;3H,2H2,1H3;1H4;;;1-2H2/q;;;;;;;;;-1;+1;/i;;;;;;;;;;;1T. The molecule has 3 aliphatic carbocycles. The molecule has 0 spiro atoms. The van der Waals surface area contributed by atoms with Gasteiger partial charge in [0.25, 0.3) is 35.4 Å². The van der Waals surface area contributed by atoms with E-state index in [9.17, 15) is 63.6 Å². The number of hydrogen-bond acceptors (Lipinski definition) is 33. The average Bonchev–Trinajstić information content (AvgIpc) is 1.63. The van der Waals surface area contributed by atoms with Crippen LogP contribution in [0.25, 0.3) is 32.0 Å². The Kier molecular flexibility index (Phi) is 47.1. The summed E-state index contributed by atoms with van der Waals surface area (Å²) in [5.74, 6) is -2.42. The van der Waals surface area contributed by atoms with E-state index < -0.39 is 64.8 Å². The molecule has 0 bridgehead atoms. The molecule has 6 aromatic heterocycles. The molecule has 10 heterocycles. The number of allylic oxidation sites excluding steroid dienone is 4. The first kappa shape index (κ1) is 122. The molecule has 12 aromatic rings. The quantitative estimate of drug-likeness (QED) is 0.00752. The molecule has 7 aliphatic rings. The molecule has 4 aliphatic heterocycles. The number of methoxy groups -OCH3 is 2. The molecule has 1 saturated heterocycles. The van der Waals surface area contributed by atoms with Gasteiger partial charge in [0.2, 0.25) is 29.5 Å². The maximum atomic E-state index is 13.1. The molecule has 2 fully saturated rings. The van der Waals surface area contributed by atoms with Gasteiger partial charge in [-0.25, -0.2) is 55.2 Å². The second-order valence-corrected chi connectivity index (χ2v) is 46.9. The Morgan fingerprint density at radius 2 is 0.912 bits per heavy atom. The summed E-state index contributed by atoms with van der Waals surface area (Å²) in [6.45, 7) is 11.6. The zero-order chi connectivity index (χ0) is 107. The third-order valence-corrected chi connectivity index (χ3v) is 34.8. The van der Waals surface area contributed by atoms with E-state index in [0.29, 0.717) is 56.1 Å². The van der Waals surface area contributed by atoms with E-state index in [1.54, 1.807) is 107 Å². The van der Waals surface area contributed by atoms with E-state index in [2.05, 4.69) is 80.8 Å². The maximum absolute atomic E-state index is 13.1. The number of rotatable bonds is 18. The Morgan fingerprint density at radius 3 is 1.25 bits per heavy atom. The summed E-state index contributed by atoms with van der Waals surface area (Å²) in [4.78, 5) is 131. The number of amides is 6. The van der Waals surface area contributed by atoms with E-state index in [0.717, 1.165) is 76.0 Å². The van der Waals surface area contributed by atoms with Gasteiger partial charge in [-0.3, -0.25) is 43.3 Å². The topological polar surface area (TPSA) is 579 Å². The van der Waals surface area contributed by atoms with E-state index in [1.807, 2.05) is 27.7 Å². The number of carbonyl (C=O) groups is 8. The van der Waals surface area contributed by atoms with Crippen LogP contribution in [0.4, 0.5) is 17.1 Å². The second-order valence-electron chi connectivity index (χ2n) is 32.0. The third-order valence-electron chi connectivity index (χ3n) is 22.1.